The Morgan fingerprint density at radius 3 is 2.36 bits per heavy atom. The van der Waals surface area contributed by atoms with Crippen molar-refractivity contribution in [3.05, 3.63) is 35.1 Å². The van der Waals surface area contributed by atoms with Crippen LogP contribution in [0.5, 0.6) is 11.5 Å². The number of ether oxygens (including phenoxy) is 5. The highest BCUT2D eigenvalue weighted by atomic mass is 16.6. The van der Waals surface area contributed by atoms with Crippen LogP contribution in [0.1, 0.15) is 43.2 Å². The van der Waals surface area contributed by atoms with E-state index in [-0.39, 0.29) is 18.2 Å². The summed E-state index contributed by atoms with van der Waals surface area (Å²) in [6.45, 7) is 0.581. The zero-order valence-electron chi connectivity index (χ0n) is 25.2. The standard InChI is InChI=1S/C30H33NO16/c1-31-8-7-29-23-13-3-4-15(43-2)24(23)47-25(29)16(5-6-30(29,42)19(31)9-13)44-22(36)12-18(45-21(35)10-14(32)26(37)38)28(41)46-17(27(39)40)11-20(33)34/h3-5,14,17-19,25,32,42H,6-12H2,1-2H3,(H,33,34)(H,37,38)(H,39,40)/t14-,17-,18-,19-,25-,29-,30+/m0/s1. The fourth-order valence-electron chi connectivity index (χ4n) is 7.09. The average Bonchev–Trinajstić information content (AvgIpc) is 3.35. The minimum absolute atomic E-state index is 0.0110. The van der Waals surface area contributed by atoms with Crippen LogP contribution < -0.4 is 9.47 Å². The monoisotopic (exact) mass is 663 g/mol. The van der Waals surface area contributed by atoms with Gasteiger partial charge in [0.1, 0.15) is 5.76 Å². The van der Waals surface area contributed by atoms with Crippen LogP contribution in [0.3, 0.4) is 0 Å². The zero-order valence-corrected chi connectivity index (χ0v) is 25.2. The van der Waals surface area contributed by atoms with E-state index in [4.69, 9.17) is 33.9 Å². The maximum Gasteiger partial charge on any atom is 0.348 e. The van der Waals surface area contributed by atoms with Gasteiger partial charge in [0.15, 0.2) is 23.7 Å². The van der Waals surface area contributed by atoms with Gasteiger partial charge in [-0.25, -0.2) is 14.4 Å². The molecule has 0 unspecified atom stereocenters. The number of methoxy groups -OCH3 is 1. The van der Waals surface area contributed by atoms with Crippen LogP contribution in [0.25, 0.3) is 0 Å². The zero-order chi connectivity index (χ0) is 34.4. The van der Waals surface area contributed by atoms with E-state index in [1.807, 2.05) is 13.1 Å². The van der Waals surface area contributed by atoms with Crippen molar-refractivity contribution < 1.29 is 78.0 Å². The van der Waals surface area contributed by atoms with Gasteiger partial charge in [-0.2, -0.15) is 0 Å². The quantitative estimate of drug-likeness (QED) is 0.127. The Hall–Kier alpha value is -4.74. The van der Waals surface area contributed by atoms with E-state index < -0.39 is 90.5 Å². The first-order valence-electron chi connectivity index (χ1n) is 14.6. The van der Waals surface area contributed by atoms with Crippen LogP contribution in [0.15, 0.2) is 24.0 Å². The number of carbonyl (C=O) groups is 6. The summed E-state index contributed by atoms with van der Waals surface area (Å²) in [4.78, 5) is 74.1. The Morgan fingerprint density at radius 2 is 1.72 bits per heavy atom. The van der Waals surface area contributed by atoms with Gasteiger partial charge in [-0.15, -0.1) is 0 Å². The number of esters is 3. The van der Waals surface area contributed by atoms with Crippen LogP contribution >= 0.6 is 0 Å². The number of rotatable bonds is 13. The number of aliphatic hydroxyl groups is 2. The maximum absolute atomic E-state index is 13.3. The first-order chi connectivity index (χ1) is 22.1. The predicted molar refractivity (Wildman–Crippen MR) is 150 cm³/mol. The molecule has 7 atom stereocenters. The van der Waals surface area contributed by atoms with Crippen LogP contribution in [-0.4, -0.2) is 123 Å². The van der Waals surface area contributed by atoms with E-state index in [1.165, 1.54) is 13.2 Å². The van der Waals surface area contributed by atoms with E-state index >= 15 is 0 Å². The number of likely N-dealkylation sites (N-methyl/N-ethyl adjacent to an activating group) is 1. The highest BCUT2D eigenvalue weighted by Gasteiger charge is 2.72. The number of aliphatic hydroxyl groups excluding tert-OH is 1. The van der Waals surface area contributed by atoms with Gasteiger partial charge in [0, 0.05) is 18.0 Å². The molecule has 2 bridgehead atoms. The summed E-state index contributed by atoms with van der Waals surface area (Å²) in [6.07, 6.45) is -8.58. The van der Waals surface area contributed by atoms with Crippen molar-refractivity contribution in [2.45, 2.75) is 80.0 Å². The van der Waals surface area contributed by atoms with Gasteiger partial charge in [0.05, 0.1) is 37.4 Å². The molecule has 5 rings (SSSR count). The van der Waals surface area contributed by atoms with Crippen LogP contribution in [0, 0.1) is 0 Å². The van der Waals surface area contributed by atoms with Crippen LogP contribution in [0.2, 0.25) is 0 Å². The van der Waals surface area contributed by atoms with Crippen molar-refractivity contribution in [3.63, 3.8) is 0 Å². The highest BCUT2D eigenvalue weighted by molar-refractivity contribution is 5.88. The molecule has 2 aliphatic heterocycles. The molecule has 1 spiro atoms. The van der Waals surface area contributed by atoms with Gasteiger partial charge in [0.2, 0.25) is 12.2 Å². The summed E-state index contributed by atoms with van der Waals surface area (Å²) in [5, 5.41) is 48.9. The van der Waals surface area contributed by atoms with Crippen LogP contribution in [-0.2, 0) is 54.8 Å². The van der Waals surface area contributed by atoms with Gasteiger partial charge in [-0.1, -0.05) is 6.07 Å². The van der Waals surface area contributed by atoms with Crippen molar-refractivity contribution in [1.82, 2.24) is 4.90 Å². The smallest absolute Gasteiger partial charge is 0.348 e. The SMILES string of the molecule is COc1ccc2c3c1O[C@H]1C(OC(=O)C[C@H](OC(=O)C[C@H](O)C(=O)O)C(=O)O[C@@H](CC(=O)O)C(=O)O)=CC[C@@]4(O)[C@H](C2)N(C)CC[C@]314. The minimum atomic E-state index is -2.23. The number of hydrogen-bond donors (Lipinski definition) is 5. The Kier molecular flexibility index (Phi) is 8.91. The summed E-state index contributed by atoms with van der Waals surface area (Å²) < 4.78 is 27.2. The van der Waals surface area contributed by atoms with E-state index in [0.29, 0.717) is 30.9 Å². The second kappa shape index (κ2) is 12.5. The molecular formula is C30H33NO16. The lowest BCUT2D eigenvalue weighted by Gasteiger charge is -2.61. The molecule has 0 amide bonds. The van der Waals surface area contributed by atoms with E-state index in [2.05, 4.69) is 4.90 Å². The normalized spacial score (nSPS) is 27.1. The highest BCUT2D eigenvalue weighted by Crippen LogP contribution is 2.65. The lowest BCUT2D eigenvalue weighted by atomic mass is 9.50. The first-order valence-corrected chi connectivity index (χ1v) is 14.6. The summed E-state index contributed by atoms with van der Waals surface area (Å²) in [5.74, 6) is -8.76. The summed E-state index contributed by atoms with van der Waals surface area (Å²) in [5.41, 5.74) is -0.686. The summed E-state index contributed by atoms with van der Waals surface area (Å²) in [7, 11) is 3.38. The average molecular weight is 664 g/mol. The Morgan fingerprint density at radius 1 is 1.00 bits per heavy atom. The minimum Gasteiger partial charge on any atom is -0.493 e. The molecule has 2 heterocycles. The van der Waals surface area contributed by atoms with Gasteiger partial charge in [-0.05, 0) is 44.1 Å². The Bertz CT molecular complexity index is 1550. The number of carboxylic acids is 3. The molecular weight excluding hydrogens is 630 g/mol. The molecule has 1 saturated heterocycles. The molecule has 1 aromatic carbocycles. The van der Waals surface area contributed by atoms with Crippen LogP contribution in [0.4, 0.5) is 0 Å². The molecule has 0 saturated carbocycles. The van der Waals surface area contributed by atoms with Crippen molar-refractivity contribution in [1.29, 1.82) is 0 Å². The molecule has 2 aliphatic carbocycles. The van der Waals surface area contributed by atoms with Crippen molar-refractivity contribution in [3.8, 4) is 11.5 Å². The number of benzene rings is 1. The third-order valence-electron chi connectivity index (χ3n) is 9.22. The molecule has 0 radical (unpaired) electrons. The topological polar surface area (TPSA) is 253 Å². The lowest BCUT2D eigenvalue weighted by Crippen LogP contribution is -2.74. The fourth-order valence-corrected chi connectivity index (χ4v) is 7.09. The summed E-state index contributed by atoms with van der Waals surface area (Å²) in [6, 6.07) is 3.36. The Balaban J connectivity index is 1.41. The number of hydrogen-bond acceptors (Lipinski definition) is 14. The van der Waals surface area contributed by atoms with Crippen molar-refractivity contribution >= 4 is 35.8 Å². The molecule has 254 valence electrons. The number of carboxylic acid groups (broad SMARTS) is 3. The number of carbonyl (C=O) groups excluding carboxylic acids is 3. The second-order valence-electron chi connectivity index (χ2n) is 11.9. The molecule has 0 aromatic heterocycles. The predicted octanol–water partition coefficient (Wildman–Crippen LogP) is -0.875. The lowest BCUT2D eigenvalue weighted by molar-refractivity contribution is -0.182. The molecule has 4 aliphatic rings. The van der Waals surface area contributed by atoms with E-state index in [9.17, 15) is 44.1 Å². The first kappa shape index (κ1) is 33.6. The second-order valence-corrected chi connectivity index (χ2v) is 11.9. The van der Waals surface area contributed by atoms with E-state index in [1.54, 1.807) is 6.07 Å². The fraction of sp³-hybridized carbons (Fsp3) is 0.533. The number of piperidine rings is 1. The Labute approximate surface area is 266 Å². The number of likely N-dealkylation sites (tertiary alicyclic amines) is 1. The van der Waals surface area contributed by atoms with Crippen molar-refractivity contribution in [2.24, 2.45) is 0 Å². The number of aliphatic carboxylic acids is 3. The molecule has 5 N–H and O–H groups in total. The van der Waals surface area contributed by atoms with E-state index in [0.717, 1.165) is 11.1 Å². The molecule has 17 nitrogen and oxygen atoms in total. The largest absolute Gasteiger partial charge is 0.493 e. The molecule has 17 heteroatoms. The third-order valence-corrected chi connectivity index (χ3v) is 9.22. The molecule has 1 fully saturated rings. The third kappa shape index (κ3) is 5.74. The van der Waals surface area contributed by atoms with Gasteiger partial charge < -0.3 is 54.1 Å². The maximum atomic E-state index is 13.3. The summed E-state index contributed by atoms with van der Waals surface area (Å²) >= 11 is 0. The molecule has 47 heavy (non-hydrogen) atoms. The van der Waals surface area contributed by atoms with Gasteiger partial charge in [0.25, 0.3) is 0 Å². The molecule has 1 aromatic rings. The van der Waals surface area contributed by atoms with Gasteiger partial charge in [-0.3, -0.25) is 14.4 Å². The van der Waals surface area contributed by atoms with Crippen molar-refractivity contribution in [2.75, 3.05) is 20.7 Å². The van der Waals surface area contributed by atoms with Gasteiger partial charge >= 0.3 is 35.8 Å². The number of nitrogens with zero attached hydrogens (tertiary/aromatic N) is 1.